The molecule has 138 valence electrons. The molecule has 2 heterocycles. The second-order valence-corrected chi connectivity index (χ2v) is 7.65. The molecule has 4 rings (SSSR count). The number of anilines is 1. The van der Waals surface area contributed by atoms with Gasteiger partial charge in [0.2, 0.25) is 0 Å². The molecular formula is C21H22N3O2S+. The lowest BCUT2D eigenvalue weighted by Crippen LogP contribution is -3.11. The molecule has 0 aliphatic carbocycles. The molecule has 27 heavy (non-hydrogen) atoms. The van der Waals surface area contributed by atoms with E-state index >= 15 is 0 Å². The Hall–Kier alpha value is -2.70. The molecule has 0 spiro atoms. The van der Waals surface area contributed by atoms with Crippen molar-refractivity contribution < 1.29 is 14.4 Å². The van der Waals surface area contributed by atoms with Gasteiger partial charge in [0.15, 0.2) is 5.13 Å². The van der Waals surface area contributed by atoms with Gasteiger partial charge >= 0.3 is 0 Å². The highest BCUT2D eigenvalue weighted by atomic mass is 32.1. The molecular weight excluding hydrogens is 358 g/mol. The Balaban J connectivity index is 1.46. The number of quaternary nitrogens is 1. The average molecular weight is 380 g/mol. The first-order chi connectivity index (χ1) is 13.2. The van der Waals surface area contributed by atoms with Gasteiger partial charge in [-0.2, -0.15) is 0 Å². The van der Waals surface area contributed by atoms with Crippen molar-refractivity contribution in [3.63, 3.8) is 0 Å². The minimum absolute atomic E-state index is 0.167. The van der Waals surface area contributed by atoms with E-state index in [9.17, 15) is 4.79 Å². The number of fused-ring (bicyclic) bond motifs is 1. The second-order valence-electron chi connectivity index (χ2n) is 6.57. The highest BCUT2D eigenvalue weighted by Gasteiger charge is 2.23. The van der Waals surface area contributed by atoms with Gasteiger partial charge in [-0.25, -0.2) is 4.98 Å². The maximum absolute atomic E-state index is 12.6. The number of para-hydroxylation sites is 1. The molecule has 1 atom stereocenters. The van der Waals surface area contributed by atoms with Crippen molar-refractivity contribution in [2.45, 2.75) is 19.9 Å². The summed E-state index contributed by atoms with van der Waals surface area (Å²) in [7, 11) is 0. The fourth-order valence-electron chi connectivity index (χ4n) is 3.18. The van der Waals surface area contributed by atoms with Crippen molar-refractivity contribution in [2.24, 2.45) is 0 Å². The number of nitrogens with one attached hydrogen (secondary N) is 2. The average Bonchev–Trinajstić information content (AvgIpc) is 3.10. The van der Waals surface area contributed by atoms with Gasteiger partial charge in [0.1, 0.15) is 18.0 Å². The van der Waals surface area contributed by atoms with Crippen molar-refractivity contribution in [2.75, 3.05) is 18.4 Å². The van der Waals surface area contributed by atoms with E-state index in [0.717, 1.165) is 37.5 Å². The zero-order valence-corrected chi connectivity index (χ0v) is 16.0. The van der Waals surface area contributed by atoms with Crippen LogP contribution in [0, 0.1) is 0 Å². The summed E-state index contributed by atoms with van der Waals surface area (Å²) in [4.78, 5) is 20.1. The van der Waals surface area contributed by atoms with Gasteiger partial charge in [-0.3, -0.25) is 10.1 Å². The number of thiazole rings is 1. The fraction of sp³-hybridized carbons (Fsp3) is 0.238. The molecule has 0 radical (unpaired) electrons. The first kappa shape index (κ1) is 17.7. The molecule has 2 N–H and O–H groups in total. The van der Waals surface area contributed by atoms with Crippen LogP contribution in [0.4, 0.5) is 5.13 Å². The van der Waals surface area contributed by atoms with Gasteiger partial charge in [-0.15, -0.1) is 0 Å². The normalized spacial score (nSPS) is 15.8. The van der Waals surface area contributed by atoms with Crippen molar-refractivity contribution in [3.05, 3.63) is 70.7 Å². The molecule has 3 aromatic rings. The molecule has 6 heteroatoms. The molecule has 2 aromatic carbocycles. The van der Waals surface area contributed by atoms with Gasteiger partial charge < -0.3 is 9.64 Å². The highest BCUT2D eigenvalue weighted by molar-refractivity contribution is 7.15. The van der Waals surface area contributed by atoms with Gasteiger partial charge in [0, 0.05) is 12.0 Å². The number of amides is 1. The molecule has 0 fully saturated rings. The molecule has 1 aromatic heterocycles. The lowest BCUT2D eigenvalue weighted by Gasteiger charge is -2.20. The third-order valence-electron chi connectivity index (χ3n) is 4.70. The summed E-state index contributed by atoms with van der Waals surface area (Å²) in [5, 5.41) is 3.62. The molecule has 1 amide bonds. The first-order valence-corrected chi connectivity index (χ1v) is 9.99. The lowest BCUT2D eigenvalue weighted by atomic mass is 10.2. The zero-order valence-electron chi connectivity index (χ0n) is 15.2. The Kier molecular flexibility index (Phi) is 5.18. The zero-order chi connectivity index (χ0) is 18.6. The summed E-state index contributed by atoms with van der Waals surface area (Å²) in [5.41, 5.74) is 1.69. The van der Waals surface area contributed by atoms with Gasteiger partial charge in [0.05, 0.1) is 23.7 Å². The SMILES string of the molecule is CC[NH+]1CCc2nc(NC(=O)c3cccc(Oc4ccccc4)c3)sc2C1. The lowest BCUT2D eigenvalue weighted by molar-refractivity contribution is -0.913. The third-order valence-corrected chi connectivity index (χ3v) is 5.71. The smallest absolute Gasteiger partial charge is 0.257 e. The Morgan fingerprint density at radius 2 is 2.00 bits per heavy atom. The Bertz CT molecular complexity index is 940. The standard InChI is InChI=1S/C21H21N3O2S/c1-2-24-12-11-18-19(14-24)27-21(22-18)23-20(25)15-7-6-10-17(13-15)26-16-8-4-3-5-9-16/h3-10,13H,2,11-12,14H2,1H3,(H,22,23,25)/p+1. The van der Waals surface area contributed by atoms with Crippen LogP contribution in [-0.2, 0) is 13.0 Å². The Labute approximate surface area is 162 Å². The second kappa shape index (κ2) is 7.90. The van der Waals surface area contributed by atoms with Crippen LogP contribution < -0.4 is 15.0 Å². The number of likely N-dealkylation sites (N-methyl/N-ethyl adjacent to an activating group) is 1. The monoisotopic (exact) mass is 380 g/mol. The Morgan fingerprint density at radius 1 is 1.19 bits per heavy atom. The maximum atomic E-state index is 12.6. The van der Waals surface area contributed by atoms with Crippen LogP contribution in [0.15, 0.2) is 54.6 Å². The van der Waals surface area contributed by atoms with Crippen LogP contribution in [0.25, 0.3) is 0 Å². The van der Waals surface area contributed by atoms with E-state index in [1.807, 2.05) is 42.5 Å². The van der Waals surface area contributed by atoms with Gasteiger partial charge in [-0.1, -0.05) is 35.6 Å². The highest BCUT2D eigenvalue weighted by Crippen LogP contribution is 2.26. The number of rotatable bonds is 5. The van der Waals surface area contributed by atoms with E-state index in [0.29, 0.717) is 16.4 Å². The number of hydrogen-bond donors (Lipinski definition) is 2. The number of ether oxygens (including phenoxy) is 1. The predicted molar refractivity (Wildman–Crippen MR) is 107 cm³/mol. The summed E-state index contributed by atoms with van der Waals surface area (Å²) in [5.74, 6) is 1.21. The topological polar surface area (TPSA) is 55.7 Å². The molecule has 0 saturated heterocycles. The summed E-state index contributed by atoms with van der Waals surface area (Å²) in [6, 6.07) is 16.7. The third kappa shape index (κ3) is 4.18. The largest absolute Gasteiger partial charge is 0.457 e. The fourth-order valence-corrected chi connectivity index (χ4v) is 4.25. The van der Waals surface area contributed by atoms with Crippen molar-refractivity contribution >= 4 is 22.4 Å². The molecule has 0 bridgehead atoms. The molecule has 1 unspecified atom stereocenters. The Morgan fingerprint density at radius 3 is 2.81 bits per heavy atom. The predicted octanol–water partition coefficient (Wildman–Crippen LogP) is 3.15. The van der Waals surface area contributed by atoms with Crippen molar-refractivity contribution in [1.82, 2.24) is 4.98 Å². The van der Waals surface area contributed by atoms with E-state index in [1.54, 1.807) is 28.4 Å². The van der Waals surface area contributed by atoms with Crippen LogP contribution in [0.2, 0.25) is 0 Å². The number of aromatic nitrogens is 1. The molecule has 1 aliphatic rings. The van der Waals surface area contributed by atoms with Crippen LogP contribution in [0.5, 0.6) is 11.5 Å². The summed E-state index contributed by atoms with van der Waals surface area (Å²) in [6.07, 6.45) is 0.977. The summed E-state index contributed by atoms with van der Waals surface area (Å²) < 4.78 is 5.81. The van der Waals surface area contributed by atoms with Crippen LogP contribution in [-0.4, -0.2) is 24.0 Å². The summed E-state index contributed by atoms with van der Waals surface area (Å²) in [6.45, 7) is 5.43. The quantitative estimate of drug-likeness (QED) is 0.715. The first-order valence-electron chi connectivity index (χ1n) is 9.17. The number of carbonyl (C=O) groups is 1. The van der Waals surface area contributed by atoms with Crippen molar-refractivity contribution in [3.8, 4) is 11.5 Å². The van der Waals surface area contributed by atoms with Crippen LogP contribution in [0.3, 0.4) is 0 Å². The molecule has 0 saturated carbocycles. The van der Waals surface area contributed by atoms with E-state index in [1.165, 1.54) is 4.88 Å². The minimum atomic E-state index is -0.167. The number of benzene rings is 2. The van der Waals surface area contributed by atoms with E-state index in [-0.39, 0.29) is 5.91 Å². The van der Waals surface area contributed by atoms with Crippen molar-refractivity contribution in [1.29, 1.82) is 0 Å². The number of nitrogens with zero attached hydrogens (tertiary/aromatic N) is 1. The van der Waals surface area contributed by atoms with Crippen LogP contribution >= 0.6 is 11.3 Å². The summed E-state index contributed by atoms with van der Waals surface area (Å²) >= 11 is 1.59. The number of hydrogen-bond acceptors (Lipinski definition) is 4. The minimum Gasteiger partial charge on any atom is -0.457 e. The molecule has 5 nitrogen and oxygen atoms in total. The van der Waals surface area contributed by atoms with E-state index < -0.39 is 0 Å². The number of carbonyl (C=O) groups excluding carboxylic acids is 1. The van der Waals surface area contributed by atoms with Gasteiger partial charge in [0.25, 0.3) is 5.91 Å². The van der Waals surface area contributed by atoms with E-state index in [2.05, 4.69) is 17.2 Å². The molecule has 1 aliphatic heterocycles. The van der Waals surface area contributed by atoms with E-state index in [4.69, 9.17) is 4.74 Å². The van der Waals surface area contributed by atoms with Gasteiger partial charge in [-0.05, 0) is 37.3 Å². The maximum Gasteiger partial charge on any atom is 0.257 e. The van der Waals surface area contributed by atoms with Crippen LogP contribution in [0.1, 0.15) is 27.9 Å².